The fourth-order valence-corrected chi connectivity index (χ4v) is 3.15. The van der Waals surface area contributed by atoms with Gasteiger partial charge in [0.1, 0.15) is 23.9 Å². The van der Waals surface area contributed by atoms with Gasteiger partial charge >= 0.3 is 0 Å². The van der Waals surface area contributed by atoms with Crippen molar-refractivity contribution < 1.29 is 19.1 Å². The van der Waals surface area contributed by atoms with E-state index in [0.717, 1.165) is 18.6 Å². The number of hydrogen-bond donors (Lipinski definition) is 2. The Bertz CT molecular complexity index is 945. The second kappa shape index (κ2) is 6.96. The highest BCUT2D eigenvalue weighted by Gasteiger charge is 2.14. The number of benzene rings is 2. The second-order valence-corrected chi connectivity index (χ2v) is 6.34. The number of carbonyl (C=O) groups is 1. The first-order chi connectivity index (χ1) is 12.7. The summed E-state index contributed by atoms with van der Waals surface area (Å²) in [5.74, 6) is 1.30. The molecule has 26 heavy (non-hydrogen) atoms. The van der Waals surface area contributed by atoms with Crippen molar-refractivity contribution in [1.82, 2.24) is 0 Å². The minimum atomic E-state index is -0.376. The molecule has 132 valence electrons. The zero-order valence-corrected chi connectivity index (χ0v) is 14.2. The van der Waals surface area contributed by atoms with Gasteiger partial charge < -0.3 is 19.6 Å². The van der Waals surface area contributed by atoms with E-state index in [1.807, 2.05) is 6.07 Å². The number of furan rings is 1. The number of phenols is 1. The summed E-state index contributed by atoms with van der Waals surface area (Å²) in [6.07, 6.45) is 3.45. The van der Waals surface area contributed by atoms with E-state index in [9.17, 15) is 9.90 Å². The summed E-state index contributed by atoms with van der Waals surface area (Å²) in [4.78, 5) is 12.2. The first-order valence-electron chi connectivity index (χ1n) is 8.61. The standard InChI is InChI=1S/C21H19NO4/c23-17-6-2-5-16(12-17)22-21(24)20-10-9-19(26-20)13-25-18-8-7-14-3-1-4-15(14)11-18/h2,5-12,23H,1,3-4,13H2,(H,22,24). The fraction of sp³-hybridized carbons (Fsp3) is 0.190. The van der Waals surface area contributed by atoms with Crippen LogP contribution in [-0.4, -0.2) is 11.0 Å². The molecule has 0 spiro atoms. The molecule has 0 atom stereocenters. The highest BCUT2D eigenvalue weighted by Crippen LogP contribution is 2.26. The monoisotopic (exact) mass is 349 g/mol. The van der Waals surface area contributed by atoms with Crippen LogP contribution in [0.1, 0.15) is 33.9 Å². The summed E-state index contributed by atoms with van der Waals surface area (Å²) < 4.78 is 11.3. The minimum Gasteiger partial charge on any atom is -0.508 e. The summed E-state index contributed by atoms with van der Waals surface area (Å²) in [6, 6.07) is 15.9. The Kier molecular flexibility index (Phi) is 4.35. The van der Waals surface area contributed by atoms with Crippen LogP contribution in [0.2, 0.25) is 0 Å². The van der Waals surface area contributed by atoms with Gasteiger partial charge in [0.05, 0.1) is 0 Å². The van der Waals surface area contributed by atoms with E-state index >= 15 is 0 Å². The van der Waals surface area contributed by atoms with Crippen molar-refractivity contribution in [2.24, 2.45) is 0 Å². The van der Waals surface area contributed by atoms with Crippen LogP contribution in [0, 0.1) is 0 Å². The molecule has 0 saturated heterocycles. The van der Waals surface area contributed by atoms with E-state index in [0.29, 0.717) is 11.4 Å². The molecule has 0 fully saturated rings. The van der Waals surface area contributed by atoms with E-state index in [-0.39, 0.29) is 24.0 Å². The molecule has 1 aliphatic carbocycles. The molecule has 1 aromatic heterocycles. The maximum atomic E-state index is 12.2. The number of rotatable bonds is 5. The molecule has 2 N–H and O–H groups in total. The quantitative estimate of drug-likeness (QED) is 0.720. The van der Waals surface area contributed by atoms with E-state index in [4.69, 9.17) is 9.15 Å². The average Bonchev–Trinajstić information content (AvgIpc) is 3.29. The Morgan fingerprint density at radius 3 is 2.85 bits per heavy atom. The maximum Gasteiger partial charge on any atom is 0.291 e. The number of phenolic OH excluding ortho intramolecular Hbond substituents is 1. The lowest BCUT2D eigenvalue weighted by Crippen LogP contribution is -2.10. The Hall–Kier alpha value is -3.21. The van der Waals surface area contributed by atoms with Gasteiger partial charge in [-0.3, -0.25) is 4.79 Å². The molecule has 5 nitrogen and oxygen atoms in total. The molecule has 0 radical (unpaired) electrons. The van der Waals surface area contributed by atoms with E-state index in [1.165, 1.54) is 29.7 Å². The lowest BCUT2D eigenvalue weighted by Gasteiger charge is -2.07. The van der Waals surface area contributed by atoms with Gasteiger partial charge in [0.2, 0.25) is 0 Å². The molecule has 0 bridgehead atoms. The molecule has 2 aromatic carbocycles. The van der Waals surface area contributed by atoms with Crippen molar-refractivity contribution in [1.29, 1.82) is 0 Å². The number of aromatic hydroxyl groups is 1. The summed E-state index contributed by atoms with van der Waals surface area (Å²) in [7, 11) is 0. The average molecular weight is 349 g/mol. The van der Waals surface area contributed by atoms with Gasteiger partial charge in [-0.1, -0.05) is 12.1 Å². The molecule has 0 aliphatic heterocycles. The number of nitrogens with one attached hydrogen (secondary N) is 1. The Morgan fingerprint density at radius 2 is 1.96 bits per heavy atom. The third kappa shape index (κ3) is 3.57. The van der Waals surface area contributed by atoms with Gasteiger partial charge in [-0.15, -0.1) is 0 Å². The number of fused-ring (bicyclic) bond motifs is 1. The molecule has 1 heterocycles. The van der Waals surface area contributed by atoms with E-state index < -0.39 is 0 Å². The number of ether oxygens (including phenoxy) is 1. The fourth-order valence-electron chi connectivity index (χ4n) is 3.15. The molecular weight excluding hydrogens is 330 g/mol. The molecule has 0 unspecified atom stereocenters. The normalized spacial score (nSPS) is 12.6. The first kappa shape index (κ1) is 16.3. The molecular formula is C21H19NO4. The highest BCUT2D eigenvalue weighted by molar-refractivity contribution is 6.02. The minimum absolute atomic E-state index is 0.0886. The van der Waals surface area contributed by atoms with Gasteiger partial charge in [-0.05, 0) is 66.8 Å². The number of carbonyl (C=O) groups excluding carboxylic acids is 1. The highest BCUT2D eigenvalue weighted by atomic mass is 16.5. The summed E-state index contributed by atoms with van der Waals surface area (Å²) >= 11 is 0. The molecule has 1 aliphatic rings. The third-order valence-corrected chi connectivity index (χ3v) is 4.44. The molecule has 0 saturated carbocycles. The smallest absolute Gasteiger partial charge is 0.291 e. The lowest BCUT2D eigenvalue weighted by molar-refractivity contribution is 0.0992. The van der Waals surface area contributed by atoms with E-state index in [1.54, 1.807) is 24.3 Å². The van der Waals surface area contributed by atoms with Crippen molar-refractivity contribution in [2.75, 3.05) is 5.32 Å². The van der Waals surface area contributed by atoms with E-state index in [2.05, 4.69) is 17.4 Å². The molecule has 5 heteroatoms. The number of aryl methyl sites for hydroxylation is 2. The van der Waals surface area contributed by atoms with Crippen LogP contribution < -0.4 is 10.1 Å². The van der Waals surface area contributed by atoms with Crippen LogP contribution in [0.25, 0.3) is 0 Å². The molecule has 4 rings (SSSR count). The van der Waals surface area contributed by atoms with Crippen molar-refractivity contribution in [3.63, 3.8) is 0 Å². The first-order valence-corrected chi connectivity index (χ1v) is 8.61. The van der Waals surface area contributed by atoms with Crippen LogP contribution >= 0.6 is 0 Å². The Labute approximate surface area is 151 Å². The van der Waals surface area contributed by atoms with Crippen molar-refractivity contribution in [3.05, 3.63) is 77.2 Å². The van der Waals surface area contributed by atoms with Crippen LogP contribution in [0.15, 0.2) is 59.0 Å². The summed E-state index contributed by atoms with van der Waals surface area (Å²) in [5.41, 5.74) is 3.26. The topological polar surface area (TPSA) is 71.7 Å². The number of anilines is 1. The largest absolute Gasteiger partial charge is 0.508 e. The SMILES string of the molecule is O=C(Nc1cccc(O)c1)c1ccc(COc2ccc3c(c2)CCC3)o1. The van der Waals surface area contributed by atoms with Crippen molar-refractivity contribution in [2.45, 2.75) is 25.9 Å². The molecule has 1 amide bonds. The van der Waals surface area contributed by atoms with Gasteiger partial charge in [-0.2, -0.15) is 0 Å². The molecule has 3 aromatic rings. The van der Waals surface area contributed by atoms with Gasteiger partial charge in [0, 0.05) is 11.8 Å². The lowest BCUT2D eigenvalue weighted by atomic mass is 10.1. The van der Waals surface area contributed by atoms with Crippen LogP contribution in [0.3, 0.4) is 0 Å². The van der Waals surface area contributed by atoms with Gasteiger partial charge in [0.15, 0.2) is 5.76 Å². The van der Waals surface area contributed by atoms with Gasteiger partial charge in [0.25, 0.3) is 5.91 Å². The zero-order chi connectivity index (χ0) is 17.9. The maximum absolute atomic E-state index is 12.2. The Morgan fingerprint density at radius 1 is 1.08 bits per heavy atom. The van der Waals surface area contributed by atoms with Crippen LogP contribution in [0.4, 0.5) is 5.69 Å². The van der Waals surface area contributed by atoms with Crippen LogP contribution in [-0.2, 0) is 19.4 Å². The summed E-state index contributed by atoms with van der Waals surface area (Å²) in [5, 5.41) is 12.1. The van der Waals surface area contributed by atoms with Gasteiger partial charge in [-0.25, -0.2) is 0 Å². The second-order valence-electron chi connectivity index (χ2n) is 6.34. The summed E-state index contributed by atoms with van der Waals surface area (Å²) in [6.45, 7) is 0.262. The van der Waals surface area contributed by atoms with Crippen LogP contribution in [0.5, 0.6) is 11.5 Å². The van der Waals surface area contributed by atoms with Crippen molar-refractivity contribution in [3.8, 4) is 11.5 Å². The third-order valence-electron chi connectivity index (χ3n) is 4.44. The Balaban J connectivity index is 1.37. The zero-order valence-electron chi connectivity index (χ0n) is 14.2. The van der Waals surface area contributed by atoms with Crippen molar-refractivity contribution >= 4 is 11.6 Å². The number of amides is 1. The number of hydrogen-bond acceptors (Lipinski definition) is 4. The predicted octanol–water partition coefficient (Wildman–Crippen LogP) is 4.31. The predicted molar refractivity (Wildman–Crippen MR) is 97.6 cm³/mol.